The molecule has 6 nitrogen and oxygen atoms in total. The van der Waals surface area contributed by atoms with Gasteiger partial charge in [0.25, 0.3) is 5.91 Å². The Hall–Kier alpha value is -3.58. The number of likely N-dealkylation sites (N-methyl/N-ethyl adjacent to an activating group) is 1. The fourth-order valence-electron chi connectivity index (χ4n) is 4.02. The van der Waals surface area contributed by atoms with Crippen LogP contribution in [-0.4, -0.2) is 31.6 Å². The maximum Gasteiger partial charge on any atom is 0.428 e. The van der Waals surface area contributed by atoms with Crippen molar-refractivity contribution in [3.05, 3.63) is 87.4 Å². The molecule has 1 atom stereocenters. The zero-order valence-electron chi connectivity index (χ0n) is 19.4. The average Bonchev–Trinajstić information content (AvgIpc) is 3.32. The van der Waals surface area contributed by atoms with Crippen molar-refractivity contribution in [2.75, 3.05) is 13.6 Å². The molecule has 0 fully saturated rings. The maximum absolute atomic E-state index is 14.4. The number of carbonyl (C=O) groups excluding carboxylic acids is 2. The van der Waals surface area contributed by atoms with E-state index in [-0.39, 0.29) is 27.8 Å². The van der Waals surface area contributed by atoms with Gasteiger partial charge in [-0.15, -0.1) is 0 Å². The number of rotatable bonds is 5. The minimum Gasteiger partial charge on any atom is -0.358 e. The number of halogens is 7. The largest absolute Gasteiger partial charge is 0.428 e. The lowest BCUT2D eigenvalue weighted by molar-refractivity contribution is -0.269. The number of amides is 2. The highest BCUT2D eigenvalue weighted by atomic mass is 79.9. The van der Waals surface area contributed by atoms with Gasteiger partial charge in [-0.3, -0.25) is 19.9 Å². The molecule has 0 radical (unpaired) electrons. The molecule has 4 rings (SSSR count). The second-order valence-corrected chi connectivity index (χ2v) is 9.20. The topological polar surface area (TPSA) is 79.5 Å². The van der Waals surface area contributed by atoms with Crippen molar-refractivity contribution in [3.8, 4) is 0 Å². The molecule has 0 saturated carbocycles. The van der Waals surface area contributed by atoms with E-state index >= 15 is 0 Å². The Morgan fingerprint density at radius 2 is 1.68 bits per heavy atom. The summed E-state index contributed by atoms with van der Waals surface area (Å²) >= 11 is 2.86. The summed E-state index contributed by atoms with van der Waals surface area (Å²) in [6.45, 7) is -0.285. The van der Waals surface area contributed by atoms with Crippen molar-refractivity contribution < 1.29 is 40.8 Å². The zero-order chi connectivity index (χ0) is 27.9. The van der Waals surface area contributed by atoms with Crippen molar-refractivity contribution in [3.63, 3.8) is 0 Å². The average molecular weight is 602 g/mol. The van der Waals surface area contributed by atoms with Crippen molar-refractivity contribution in [1.29, 1.82) is 0 Å². The van der Waals surface area contributed by atoms with Crippen LogP contribution in [0.3, 0.4) is 0 Å². The van der Waals surface area contributed by atoms with E-state index in [0.29, 0.717) is 29.0 Å². The van der Waals surface area contributed by atoms with Crippen LogP contribution in [-0.2, 0) is 21.4 Å². The molecule has 1 aliphatic heterocycles. The van der Waals surface area contributed by atoms with Crippen molar-refractivity contribution >= 4 is 44.2 Å². The summed E-state index contributed by atoms with van der Waals surface area (Å²) in [5.41, 5.74) is -2.88. The molecule has 0 aromatic heterocycles. The Labute approximate surface area is 220 Å². The number of nitrogens with one attached hydrogen (secondary N) is 3. The summed E-state index contributed by atoms with van der Waals surface area (Å²) in [5.74, 6) is -1.01. The molecule has 3 aromatic carbocycles. The first-order valence-corrected chi connectivity index (χ1v) is 11.7. The molecule has 0 saturated heterocycles. The minimum absolute atomic E-state index is 0.163. The Bertz CT molecular complexity index is 1450. The summed E-state index contributed by atoms with van der Waals surface area (Å²) in [6.07, 6.45) is -9.38. The molecule has 38 heavy (non-hydrogen) atoms. The first kappa shape index (κ1) is 27.5. The van der Waals surface area contributed by atoms with Gasteiger partial charge in [0, 0.05) is 28.2 Å². The third-order valence-corrected chi connectivity index (χ3v) is 6.35. The van der Waals surface area contributed by atoms with E-state index in [0.717, 1.165) is 6.07 Å². The van der Waals surface area contributed by atoms with Gasteiger partial charge < -0.3 is 10.6 Å². The summed E-state index contributed by atoms with van der Waals surface area (Å²) in [4.78, 5) is 29.2. The van der Waals surface area contributed by atoms with Gasteiger partial charge >= 0.3 is 12.4 Å². The highest BCUT2D eigenvalue weighted by Gasteiger charge is 2.60. The third kappa shape index (κ3) is 5.07. The van der Waals surface area contributed by atoms with Crippen molar-refractivity contribution in [2.45, 2.75) is 18.0 Å². The van der Waals surface area contributed by atoms with E-state index in [1.807, 2.05) is 0 Å². The standard InChI is InChI=1S/C25H18BrF6N3O3/c1-33-21(36)12-34-22(37)19-7-6-18(16-4-2-3-5-17(16)19)20-11-23(38-35-20,25(30,31)32)13-8-14(24(27,28)29)10-15(26)9-13/h2-11,35H,12H2,1H3,(H,33,36)(H,34,37). The van der Waals surface area contributed by atoms with Crippen LogP contribution in [0.15, 0.2) is 65.1 Å². The quantitative estimate of drug-likeness (QED) is 0.341. The minimum atomic E-state index is -5.15. The number of hydrogen-bond donors (Lipinski definition) is 3. The highest BCUT2D eigenvalue weighted by molar-refractivity contribution is 9.10. The molecular weight excluding hydrogens is 584 g/mol. The molecule has 3 aromatic rings. The predicted molar refractivity (Wildman–Crippen MR) is 129 cm³/mol. The number of hydroxylamine groups is 1. The lowest BCUT2D eigenvalue weighted by Crippen LogP contribution is -2.42. The lowest BCUT2D eigenvalue weighted by atomic mass is 9.89. The zero-order valence-corrected chi connectivity index (χ0v) is 20.9. The summed E-state index contributed by atoms with van der Waals surface area (Å²) in [7, 11) is 1.40. The number of carbonyl (C=O) groups is 2. The third-order valence-electron chi connectivity index (χ3n) is 5.89. The van der Waals surface area contributed by atoms with Crippen LogP contribution in [0.25, 0.3) is 16.5 Å². The predicted octanol–water partition coefficient (Wildman–Crippen LogP) is 5.43. The van der Waals surface area contributed by atoms with Gasteiger partial charge in [0.1, 0.15) is 0 Å². The molecular formula is C25H18BrF6N3O3. The van der Waals surface area contributed by atoms with Crippen LogP contribution in [0.5, 0.6) is 0 Å². The monoisotopic (exact) mass is 601 g/mol. The first-order chi connectivity index (χ1) is 17.8. The van der Waals surface area contributed by atoms with Gasteiger partial charge in [0.05, 0.1) is 17.8 Å². The molecule has 2 amide bonds. The molecule has 1 unspecified atom stereocenters. The van der Waals surface area contributed by atoms with Gasteiger partial charge in [-0.1, -0.05) is 46.3 Å². The molecule has 13 heteroatoms. The summed E-state index contributed by atoms with van der Waals surface area (Å²) in [6, 6.07) is 11.1. The van der Waals surface area contributed by atoms with E-state index in [2.05, 4.69) is 32.0 Å². The van der Waals surface area contributed by atoms with Crippen molar-refractivity contribution in [2.24, 2.45) is 0 Å². The fraction of sp³-hybridized carbons (Fsp3) is 0.200. The summed E-state index contributed by atoms with van der Waals surface area (Å²) < 4.78 is 83.2. The molecule has 0 spiro atoms. The maximum atomic E-state index is 14.4. The van der Waals surface area contributed by atoms with Crippen molar-refractivity contribution in [1.82, 2.24) is 16.1 Å². The molecule has 1 heterocycles. The fourth-order valence-corrected chi connectivity index (χ4v) is 4.51. The second kappa shape index (κ2) is 9.95. The van der Waals surface area contributed by atoms with Gasteiger partial charge in [-0.25, -0.2) is 0 Å². The molecule has 1 aliphatic rings. The Balaban J connectivity index is 1.83. The normalized spacial score (nSPS) is 17.6. The number of alkyl halides is 6. The van der Waals surface area contributed by atoms with E-state index < -0.39 is 40.9 Å². The van der Waals surface area contributed by atoms with E-state index in [1.165, 1.54) is 19.2 Å². The lowest BCUT2D eigenvalue weighted by Gasteiger charge is -2.29. The highest BCUT2D eigenvalue weighted by Crippen LogP contribution is 2.49. The second-order valence-electron chi connectivity index (χ2n) is 8.28. The molecule has 0 aliphatic carbocycles. The van der Waals surface area contributed by atoms with E-state index in [4.69, 9.17) is 4.84 Å². The van der Waals surface area contributed by atoms with Crippen LogP contribution < -0.4 is 16.1 Å². The summed E-state index contributed by atoms with van der Waals surface area (Å²) in [5, 5.41) is 5.56. The van der Waals surface area contributed by atoms with E-state index in [1.54, 1.807) is 24.3 Å². The SMILES string of the molecule is CNC(=O)CNC(=O)c1ccc(C2=CC(c3cc(Br)cc(C(F)(F)F)c3)(C(F)(F)F)ON2)c2ccccc12. The van der Waals surface area contributed by atoms with Crippen LogP contribution in [0.1, 0.15) is 27.0 Å². The smallest absolute Gasteiger partial charge is 0.358 e. The molecule has 0 bridgehead atoms. The Morgan fingerprint density at radius 3 is 2.32 bits per heavy atom. The number of fused-ring (bicyclic) bond motifs is 1. The Morgan fingerprint density at radius 1 is 1.00 bits per heavy atom. The van der Waals surface area contributed by atoms with Crippen LogP contribution in [0.4, 0.5) is 26.3 Å². The van der Waals surface area contributed by atoms with Crippen LogP contribution in [0.2, 0.25) is 0 Å². The molecule has 3 N–H and O–H groups in total. The first-order valence-electron chi connectivity index (χ1n) is 10.9. The van der Waals surface area contributed by atoms with E-state index in [9.17, 15) is 35.9 Å². The van der Waals surface area contributed by atoms with Gasteiger partial charge in [0.2, 0.25) is 11.5 Å². The number of hydrogen-bond acceptors (Lipinski definition) is 4. The van der Waals surface area contributed by atoms with Crippen LogP contribution >= 0.6 is 15.9 Å². The van der Waals surface area contributed by atoms with Gasteiger partial charge in [-0.2, -0.15) is 26.3 Å². The number of benzene rings is 3. The van der Waals surface area contributed by atoms with Gasteiger partial charge in [-0.05, 0) is 41.1 Å². The van der Waals surface area contributed by atoms with Crippen LogP contribution in [0, 0.1) is 0 Å². The Kier molecular flexibility index (Phi) is 7.19. The molecule has 200 valence electrons. The van der Waals surface area contributed by atoms with Gasteiger partial charge in [0.15, 0.2) is 0 Å².